The van der Waals surface area contributed by atoms with Crippen molar-refractivity contribution in [3.05, 3.63) is 30.1 Å². The van der Waals surface area contributed by atoms with E-state index >= 15 is 0 Å². The molecular formula is C12H18N2O2. The first-order valence-corrected chi connectivity index (χ1v) is 5.51. The largest absolute Gasteiger partial charge is 0.480 e. The average molecular weight is 222 g/mol. The second kappa shape index (κ2) is 6.23. The molecule has 0 aliphatic heterocycles. The zero-order chi connectivity index (χ0) is 12.0. The summed E-state index contributed by atoms with van der Waals surface area (Å²) < 4.78 is 0. The van der Waals surface area contributed by atoms with Crippen LogP contribution in [0.15, 0.2) is 24.5 Å². The molecule has 0 radical (unpaired) electrons. The van der Waals surface area contributed by atoms with E-state index in [2.05, 4.69) is 4.98 Å². The van der Waals surface area contributed by atoms with Crippen LogP contribution in [-0.4, -0.2) is 34.0 Å². The number of pyridine rings is 1. The monoisotopic (exact) mass is 222 g/mol. The average Bonchev–Trinajstić information content (AvgIpc) is 2.28. The maximum absolute atomic E-state index is 10.8. The Morgan fingerprint density at radius 3 is 2.62 bits per heavy atom. The van der Waals surface area contributed by atoms with Crippen LogP contribution in [0.25, 0.3) is 0 Å². The van der Waals surface area contributed by atoms with Gasteiger partial charge >= 0.3 is 5.97 Å². The molecule has 1 unspecified atom stereocenters. The molecule has 0 saturated carbocycles. The summed E-state index contributed by atoms with van der Waals surface area (Å²) in [5.41, 5.74) is 1.10. The summed E-state index contributed by atoms with van der Waals surface area (Å²) in [6.45, 7) is 4.94. The minimum atomic E-state index is -0.783. The van der Waals surface area contributed by atoms with Gasteiger partial charge in [0.05, 0.1) is 6.54 Å². The zero-order valence-corrected chi connectivity index (χ0v) is 9.76. The topological polar surface area (TPSA) is 53.4 Å². The number of carboxylic acid groups (broad SMARTS) is 1. The molecule has 0 spiro atoms. The van der Waals surface area contributed by atoms with Crippen molar-refractivity contribution in [2.75, 3.05) is 13.1 Å². The molecule has 1 aromatic heterocycles. The van der Waals surface area contributed by atoms with E-state index in [9.17, 15) is 4.79 Å². The van der Waals surface area contributed by atoms with Crippen molar-refractivity contribution in [2.24, 2.45) is 0 Å². The number of hydrogen-bond donors (Lipinski definition) is 1. The molecule has 1 rings (SSSR count). The van der Waals surface area contributed by atoms with Crippen LogP contribution < -0.4 is 0 Å². The Balaban J connectivity index is 2.74. The van der Waals surface area contributed by atoms with Gasteiger partial charge < -0.3 is 5.11 Å². The van der Waals surface area contributed by atoms with E-state index in [1.165, 1.54) is 0 Å². The normalized spacial score (nSPS) is 12.7. The summed E-state index contributed by atoms with van der Waals surface area (Å²) >= 11 is 0. The molecule has 0 aromatic carbocycles. The summed E-state index contributed by atoms with van der Waals surface area (Å²) in [6, 6.07) is 3.96. The van der Waals surface area contributed by atoms with Gasteiger partial charge in [0.25, 0.3) is 0 Å². The van der Waals surface area contributed by atoms with Crippen LogP contribution >= 0.6 is 0 Å². The van der Waals surface area contributed by atoms with E-state index in [-0.39, 0.29) is 12.6 Å². The fourth-order valence-electron chi connectivity index (χ4n) is 1.72. The molecule has 0 aliphatic carbocycles. The van der Waals surface area contributed by atoms with Gasteiger partial charge in [-0.1, -0.05) is 6.92 Å². The Labute approximate surface area is 95.9 Å². The number of carboxylic acids is 1. The lowest BCUT2D eigenvalue weighted by Crippen LogP contribution is -2.33. The smallest absolute Gasteiger partial charge is 0.317 e. The third-order valence-corrected chi connectivity index (χ3v) is 2.59. The van der Waals surface area contributed by atoms with Crippen molar-refractivity contribution >= 4 is 5.97 Å². The quantitative estimate of drug-likeness (QED) is 0.799. The van der Waals surface area contributed by atoms with Crippen molar-refractivity contribution in [3.8, 4) is 0 Å². The number of hydrogen-bond acceptors (Lipinski definition) is 3. The minimum Gasteiger partial charge on any atom is -0.480 e. The van der Waals surface area contributed by atoms with Gasteiger partial charge in [-0.25, -0.2) is 0 Å². The molecule has 0 amide bonds. The molecule has 1 N–H and O–H groups in total. The van der Waals surface area contributed by atoms with Crippen LogP contribution in [0, 0.1) is 0 Å². The number of aromatic nitrogens is 1. The number of aliphatic carboxylic acids is 1. The van der Waals surface area contributed by atoms with Crippen LogP contribution in [0.2, 0.25) is 0 Å². The van der Waals surface area contributed by atoms with E-state index in [1.54, 1.807) is 12.4 Å². The van der Waals surface area contributed by atoms with Crippen molar-refractivity contribution in [3.63, 3.8) is 0 Å². The highest BCUT2D eigenvalue weighted by molar-refractivity contribution is 5.69. The molecule has 1 heterocycles. The number of rotatable bonds is 6. The standard InChI is InChI=1S/C12H18N2O2/c1-3-8-14(9-12(15)16)10(2)11-4-6-13-7-5-11/h4-7,10H,3,8-9H2,1-2H3,(H,15,16). The summed E-state index contributed by atoms with van der Waals surface area (Å²) in [5.74, 6) is -0.783. The van der Waals surface area contributed by atoms with Gasteiger partial charge in [0.1, 0.15) is 0 Å². The van der Waals surface area contributed by atoms with Gasteiger partial charge in [-0.2, -0.15) is 0 Å². The molecule has 1 atom stereocenters. The summed E-state index contributed by atoms with van der Waals surface area (Å²) in [6.07, 6.45) is 4.41. The van der Waals surface area contributed by atoms with Crippen LogP contribution in [0.5, 0.6) is 0 Å². The van der Waals surface area contributed by atoms with Crippen molar-refractivity contribution in [1.29, 1.82) is 0 Å². The lowest BCUT2D eigenvalue weighted by molar-refractivity contribution is -0.138. The molecular weight excluding hydrogens is 204 g/mol. The van der Waals surface area contributed by atoms with E-state index in [4.69, 9.17) is 5.11 Å². The summed E-state index contributed by atoms with van der Waals surface area (Å²) in [4.78, 5) is 16.7. The van der Waals surface area contributed by atoms with Crippen LogP contribution in [0.3, 0.4) is 0 Å². The number of nitrogens with zero attached hydrogens (tertiary/aromatic N) is 2. The fourth-order valence-corrected chi connectivity index (χ4v) is 1.72. The van der Waals surface area contributed by atoms with Crippen LogP contribution in [-0.2, 0) is 4.79 Å². The van der Waals surface area contributed by atoms with Gasteiger partial charge in [-0.05, 0) is 37.6 Å². The minimum absolute atomic E-state index is 0.0807. The molecule has 0 saturated heterocycles. The highest BCUT2D eigenvalue weighted by Gasteiger charge is 2.17. The zero-order valence-electron chi connectivity index (χ0n) is 9.76. The van der Waals surface area contributed by atoms with Crippen molar-refractivity contribution < 1.29 is 9.90 Å². The van der Waals surface area contributed by atoms with Crippen molar-refractivity contribution in [1.82, 2.24) is 9.88 Å². The molecule has 0 bridgehead atoms. The Morgan fingerprint density at radius 1 is 1.50 bits per heavy atom. The molecule has 1 aromatic rings. The molecule has 0 fully saturated rings. The molecule has 0 aliphatic rings. The summed E-state index contributed by atoms with van der Waals surface area (Å²) in [7, 11) is 0. The van der Waals surface area contributed by atoms with Crippen LogP contribution in [0.4, 0.5) is 0 Å². The van der Waals surface area contributed by atoms with Gasteiger partial charge in [-0.3, -0.25) is 14.7 Å². The lowest BCUT2D eigenvalue weighted by atomic mass is 10.1. The lowest BCUT2D eigenvalue weighted by Gasteiger charge is -2.27. The third-order valence-electron chi connectivity index (χ3n) is 2.59. The first-order valence-electron chi connectivity index (χ1n) is 5.51. The Kier molecular flexibility index (Phi) is 4.92. The fraction of sp³-hybridized carbons (Fsp3) is 0.500. The van der Waals surface area contributed by atoms with E-state index in [1.807, 2.05) is 30.9 Å². The molecule has 4 nitrogen and oxygen atoms in total. The number of carbonyl (C=O) groups is 1. The second-order valence-corrected chi connectivity index (χ2v) is 3.82. The summed E-state index contributed by atoms with van der Waals surface area (Å²) in [5, 5.41) is 8.85. The highest BCUT2D eigenvalue weighted by Crippen LogP contribution is 2.19. The van der Waals surface area contributed by atoms with E-state index in [0.29, 0.717) is 0 Å². The maximum Gasteiger partial charge on any atom is 0.317 e. The molecule has 4 heteroatoms. The van der Waals surface area contributed by atoms with Gasteiger partial charge in [0.2, 0.25) is 0 Å². The Bertz CT molecular complexity index is 327. The Morgan fingerprint density at radius 2 is 2.12 bits per heavy atom. The highest BCUT2D eigenvalue weighted by atomic mass is 16.4. The molecule has 88 valence electrons. The first-order chi connectivity index (χ1) is 7.65. The van der Waals surface area contributed by atoms with E-state index in [0.717, 1.165) is 18.5 Å². The third kappa shape index (κ3) is 3.62. The molecule has 16 heavy (non-hydrogen) atoms. The van der Waals surface area contributed by atoms with Crippen molar-refractivity contribution in [2.45, 2.75) is 26.3 Å². The van der Waals surface area contributed by atoms with Gasteiger partial charge in [0.15, 0.2) is 0 Å². The first kappa shape index (κ1) is 12.6. The van der Waals surface area contributed by atoms with Gasteiger partial charge in [-0.15, -0.1) is 0 Å². The maximum atomic E-state index is 10.8. The SMILES string of the molecule is CCCN(CC(=O)O)C(C)c1ccncc1. The predicted molar refractivity (Wildman–Crippen MR) is 62.2 cm³/mol. The predicted octanol–water partition coefficient (Wildman–Crippen LogP) is 1.94. The Hall–Kier alpha value is -1.42. The van der Waals surface area contributed by atoms with E-state index < -0.39 is 5.97 Å². The second-order valence-electron chi connectivity index (χ2n) is 3.82. The van der Waals surface area contributed by atoms with Crippen LogP contribution in [0.1, 0.15) is 31.9 Å². The van der Waals surface area contributed by atoms with Gasteiger partial charge in [0, 0.05) is 18.4 Å².